The molecule has 1 saturated heterocycles. The highest BCUT2D eigenvalue weighted by molar-refractivity contribution is 6.30. The molecule has 0 unspecified atom stereocenters. The summed E-state index contributed by atoms with van der Waals surface area (Å²) in [6, 6.07) is 14.8. The molecule has 2 aliphatic rings. The predicted molar refractivity (Wildman–Crippen MR) is 123 cm³/mol. The Kier molecular flexibility index (Phi) is 6.42. The van der Waals surface area contributed by atoms with E-state index in [2.05, 4.69) is 14.8 Å². The van der Waals surface area contributed by atoms with Gasteiger partial charge >= 0.3 is 0 Å². The van der Waals surface area contributed by atoms with Gasteiger partial charge in [0.25, 0.3) is 11.8 Å². The summed E-state index contributed by atoms with van der Waals surface area (Å²) in [5.74, 6) is 0.140. The molecule has 2 aromatic rings. The van der Waals surface area contributed by atoms with Gasteiger partial charge in [0.1, 0.15) is 0 Å². The molecule has 0 bridgehead atoms. The average molecular weight is 440 g/mol. The van der Waals surface area contributed by atoms with Gasteiger partial charge in [0.15, 0.2) is 5.96 Å². The van der Waals surface area contributed by atoms with E-state index in [4.69, 9.17) is 17.3 Å². The minimum absolute atomic E-state index is 0.206. The summed E-state index contributed by atoms with van der Waals surface area (Å²) in [6.07, 6.45) is 1.46. The van der Waals surface area contributed by atoms with Crippen LogP contribution in [0.25, 0.3) is 0 Å². The van der Waals surface area contributed by atoms with Gasteiger partial charge in [0.05, 0.1) is 11.1 Å². The molecule has 4 rings (SSSR count). The molecule has 8 heteroatoms. The Balaban J connectivity index is 1.19. The average Bonchev–Trinajstić information content (AvgIpc) is 3.04. The Morgan fingerprint density at radius 1 is 0.903 bits per heavy atom. The molecule has 31 heavy (non-hydrogen) atoms. The summed E-state index contributed by atoms with van der Waals surface area (Å²) in [6.45, 7) is 4.35. The molecule has 2 aliphatic heterocycles. The van der Waals surface area contributed by atoms with Crippen LogP contribution < -0.4 is 10.6 Å². The lowest BCUT2D eigenvalue weighted by molar-refractivity contribution is 0.0652. The van der Waals surface area contributed by atoms with Crippen molar-refractivity contribution < 1.29 is 9.59 Å². The SMILES string of the molecule is NC(=NCCCCN1C(=O)c2ccccc2C1=O)N1CCN(c2ccc(Cl)cc2)CC1. The number of rotatable bonds is 6. The number of aliphatic imine (C=N–C) groups is 1. The number of imide groups is 1. The zero-order chi connectivity index (χ0) is 21.8. The molecule has 1 fully saturated rings. The van der Waals surface area contributed by atoms with E-state index in [-0.39, 0.29) is 11.8 Å². The van der Waals surface area contributed by atoms with Crippen molar-refractivity contribution in [2.24, 2.45) is 10.7 Å². The number of benzene rings is 2. The van der Waals surface area contributed by atoms with Crippen molar-refractivity contribution in [1.29, 1.82) is 0 Å². The summed E-state index contributed by atoms with van der Waals surface area (Å²) in [5, 5.41) is 0.738. The van der Waals surface area contributed by atoms with Crippen LogP contribution in [0, 0.1) is 0 Å². The molecule has 2 heterocycles. The minimum atomic E-state index is -0.206. The van der Waals surface area contributed by atoms with E-state index >= 15 is 0 Å². The molecule has 0 spiro atoms. The van der Waals surface area contributed by atoms with Gasteiger partial charge in [0, 0.05) is 50.0 Å². The smallest absolute Gasteiger partial charge is 0.261 e. The maximum absolute atomic E-state index is 12.4. The third kappa shape index (κ3) is 4.66. The van der Waals surface area contributed by atoms with Gasteiger partial charge in [0.2, 0.25) is 0 Å². The molecule has 0 atom stereocenters. The number of guanidine groups is 1. The number of piperazine rings is 1. The zero-order valence-corrected chi connectivity index (χ0v) is 18.1. The Morgan fingerprint density at radius 2 is 1.52 bits per heavy atom. The van der Waals surface area contributed by atoms with Gasteiger partial charge in [-0.1, -0.05) is 23.7 Å². The van der Waals surface area contributed by atoms with E-state index in [0.717, 1.165) is 43.3 Å². The normalized spacial score (nSPS) is 16.8. The molecule has 0 aromatic heterocycles. The number of unbranched alkanes of at least 4 members (excludes halogenated alkanes) is 1. The van der Waals surface area contributed by atoms with Gasteiger partial charge in [-0.15, -0.1) is 0 Å². The number of hydrogen-bond acceptors (Lipinski definition) is 4. The van der Waals surface area contributed by atoms with E-state index in [1.165, 1.54) is 4.90 Å². The molecule has 2 N–H and O–H groups in total. The molecule has 162 valence electrons. The fourth-order valence-corrected chi connectivity index (χ4v) is 4.09. The number of anilines is 1. The first-order valence-corrected chi connectivity index (χ1v) is 10.9. The molecular weight excluding hydrogens is 414 g/mol. The van der Waals surface area contributed by atoms with Crippen molar-refractivity contribution in [3.05, 3.63) is 64.7 Å². The summed E-state index contributed by atoms with van der Waals surface area (Å²) < 4.78 is 0. The molecule has 0 radical (unpaired) electrons. The number of carbonyl (C=O) groups is 2. The highest BCUT2D eigenvalue weighted by atomic mass is 35.5. The van der Waals surface area contributed by atoms with Crippen molar-refractivity contribution in [3.8, 4) is 0 Å². The molecule has 2 aromatic carbocycles. The second-order valence-electron chi connectivity index (χ2n) is 7.71. The quantitative estimate of drug-likeness (QED) is 0.324. The van der Waals surface area contributed by atoms with Crippen LogP contribution in [0.1, 0.15) is 33.6 Å². The standard InChI is InChI=1S/C23H26ClN5O2/c24-17-7-9-18(10-8-17)27-13-15-28(16-14-27)23(25)26-11-3-4-12-29-21(30)19-5-1-2-6-20(19)22(29)31/h1-2,5-10H,3-4,11-16H2,(H2,25,26). The van der Waals surface area contributed by atoms with Crippen molar-refractivity contribution in [1.82, 2.24) is 9.80 Å². The monoisotopic (exact) mass is 439 g/mol. The number of nitrogens with two attached hydrogens (primary N) is 1. The van der Waals surface area contributed by atoms with Crippen molar-refractivity contribution >= 4 is 35.1 Å². The van der Waals surface area contributed by atoms with Crippen molar-refractivity contribution in [2.45, 2.75) is 12.8 Å². The second-order valence-corrected chi connectivity index (χ2v) is 8.14. The highest BCUT2D eigenvalue weighted by Gasteiger charge is 2.34. The van der Waals surface area contributed by atoms with E-state index in [1.807, 2.05) is 24.3 Å². The summed E-state index contributed by atoms with van der Waals surface area (Å²) >= 11 is 5.96. The number of nitrogens with zero attached hydrogens (tertiary/aromatic N) is 4. The van der Waals surface area contributed by atoms with Crippen LogP contribution in [0.15, 0.2) is 53.5 Å². The summed E-state index contributed by atoms with van der Waals surface area (Å²) in [5.41, 5.74) is 8.33. The Morgan fingerprint density at radius 3 is 2.13 bits per heavy atom. The lowest BCUT2D eigenvalue weighted by Gasteiger charge is -2.36. The van der Waals surface area contributed by atoms with Crippen LogP contribution in [0.3, 0.4) is 0 Å². The second kappa shape index (κ2) is 9.39. The number of carbonyl (C=O) groups excluding carboxylic acids is 2. The molecule has 0 saturated carbocycles. The van der Waals surface area contributed by atoms with Gasteiger partial charge in [-0.3, -0.25) is 19.5 Å². The van der Waals surface area contributed by atoms with Gasteiger partial charge < -0.3 is 15.5 Å². The summed E-state index contributed by atoms with van der Waals surface area (Å²) in [7, 11) is 0. The third-order valence-corrected chi connectivity index (χ3v) is 5.99. The molecular formula is C23H26ClN5O2. The predicted octanol–water partition coefficient (Wildman–Crippen LogP) is 2.85. The first-order chi connectivity index (χ1) is 15.0. The Hall–Kier alpha value is -3.06. The van der Waals surface area contributed by atoms with Gasteiger partial charge in [-0.05, 0) is 49.2 Å². The third-order valence-electron chi connectivity index (χ3n) is 5.74. The molecule has 2 amide bonds. The van der Waals surface area contributed by atoms with Crippen LogP contribution in [0.5, 0.6) is 0 Å². The maximum atomic E-state index is 12.4. The first kappa shape index (κ1) is 21.2. The van der Waals surface area contributed by atoms with Crippen LogP contribution in [-0.2, 0) is 0 Å². The number of halogens is 1. The lowest BCUT2D eigenvalue weighted by atomic mass is 10.1. The van der Waals surface area contributed by atoms with Crippen molar-refractivity contribution in [2.75, 3.05) is 44.2 Å². The van der Waals surface area contributed by atoms with Gasteiger partial charge in [-0.25, -0.2) is 0 Å². The fourth-order valence-electron chi connectivity index (χ4n) is 3.96. The summed E-state index contributed by atoms with van der Waals surface area (Å²) in [4.78, 5) is 35.0. The van der Waals surface area contributed by atoms with Crippen molar-refractivity contribution in [3.63, 3.8) is 0 Å². The van der Waals surface area contributed by atoms with E-state index in [0.29, 0.717) is 36.6 Å². The van der Waals surface area contributed by atoms with E-state index < -0.39 is 0 Å². The van der Waals surface area contributed by atoms with Gasteiger partial charge in [-0.2, -0.15) is 0 Å². The topological polar surface area (TPSA) is 82.2 Å². The molecule has 7 nitrogen and oxygen atoms in total. The van der Waals surface area contributed by atoms with Crippen LogP contribution >= 0.6 is 11.6 Å². The maximum Gasteiger partial charge on any atom is 0.261 e. The number of fused-ring (bicyclic) bond motifs is 1. The Labute approximate surface area is 187 Å². The lowest BCUT2D eigenvalue weighted by Crippen LogP contribution is -2.51. The van der Waals surface area contributed by atoms with E-state index in [1.54, 1.807) is 24.3 Å². The highest BCUT2D eigenvalue weighted by Crippen LogP contribution is 2.23. The number of amides is 2. The molecule has 0 aliphatic carbocycles. The first-order valence-electron chi connectivity index (χ1n) is 10.6. The Bertz CT molecular complexity index is 949. The van der Waals surface area contributed by atoms with E-state index in [9.17, 15) is 9.59 Å². The number of hydrogen-bond donors (Lipinski definition) is 1. The minimum Gasteiger partial charge on any atom is -0.370 e. The van der Waals surface area contributed by atoms with Crippen LogP contribution in [0.2, 0.25) is 5.02 Å². The van der Waals surface area contributed by atoms with Crippen LogP contribution in [-0.4, -0.2) is 66.8 Å². The van der Waals surface area contributed by atoms with Crippen LogP contribution in [0.4, 0.5) is 5.69 Å². The fraction of sp³-hybridized carbons (Fsp3) is 0.348. The largest absolute Gasteiger partial charge is 0.370 e. The zero-order valence-electron chi connectivity index (χ0n) is 17.3.